The van der Waals surface area contributed by atoms with Crippen molar-refractivity contribution in [2.75, 3.05) is 0 Å². The van der Waals surface area contributed by atoms with Gasteiger partial charge < -0.3 is 0 Å². The molecule has 2 aromatic rings. The third kappa shape index (κ3) is 3.53. The Bertz CT molecular complexity index is 700. The van der Waals surface area contributed by atoms with E-state index in [4.69, 9.17) is 0 Å². The monoisotopic (exact) mass is 307 g/mol. The van der Waals surface area contributed by atoms with E-state index in [9.17, 15) is 18.0 Å². The summed E-state index contributed by atoms with van der Waals surface area (Å²) in [5.41, 5.74) is -0.0410. The van der Waals surface area contributed by atoms with Gasteiger partial charge in [0.15, 0.2) is 5.78 Å². The van der Waals surface area contributed by atoms with Crippen molar-refractivity contribution in [2.45, 2.75) is 26.9 Å². The molecule has 0 aliphatic carbocycles. The van der Waals surface area contributed by atoms with Crippen LogP contribution in [-0.4, -0.2) is 10.8 Å². The number of carbonyl (C=O) groups is 1. The maximum Gasteiger partial charge on any atom is 0.416 e. The summed E-state index contributed by atoms with van der Waals surface area (Å²) in [6.07, 6.45) is -1.51. The van der Waals surface area contributed by atoms with Crippen molar-refractivity contribution >= 4 is 5.78 Å². The number of pyridine rings is 1. The van der Waals surface area contributed by atoms with Gasteiger partial charge in [0, 0.05) is 28.9 Å². The van der Waals surface area contributed by atoms with Crippen LogP contribution in [0.4, 0.5) is 13.2 Å². The van der Waals surface area contributed by atoms with Gasteiger partial charge in [-0.05, 0) is 23.8 Å². The maximum absolute atomic E-state index is 12.8. The number of benzene rings is 1. The molecule has 1 aromatic carbocycles. The van der Waals surface area contributed by atoms with E-state index in [-0.39, 0.29) is 5.78 Å². The number of ketones is 1. The van der Waals surface area contributed by atoms with E-state index in [1.165, 1.54) is 18.5 Å². The summed E-state index contributed by atoms with van der Waals surface area (Å²) in [6, 6.07) is 6.56. The Morgan fingerprint density at radius 2 is 1.68 bits per heavy atom. The molecule has 0 aliphatic rings. The first kappa shape index (κ1) is 16.2. The molecule has 2 rings (SSSR count). The van der Waals surface area contributed by atoms with Gasteiger partial charge in [-0.15, -0.1) is 0 Å². The highest BCUT2D eigenvalue weighted by atomic mass is 19.4. The summed E-state index contributed by atoms with van der Waals surface area (Å²) in [6.45, 7) is 5.35. The van der Waals surface area contributed by atoms with Crippen LogP contribution < -0.4 is 0 Å². The lowest BCUT2D eigenvalue weighted by Crippen LogP contribution is -2.20. The van der Waals surface area contributed by atoms with Crippen molar-refractivity contribution < 1.29 is 18.0 Å². The second-order valence-electron chi connectivity index (χ2n) is 6.12. The number of hydrogen-bond acceptors (Lipinski definition) is 2. The fourth-order valence-corrected chi connectivity index (χ4v) is 2.03. The lowest BCUT2D eigenvalue weighted by Gasteiger charge is -2.16. The average molecular weight is 307 g/mol. The highest BCUT2D eigenvalue weighted by molar-refractivity contribution is 6.00. The van der Waals surface area contributed by atoms with Gasteiger partial charge in [-0.3, -0.25) is 9.78 Å². The zero-order valence-electron chi connectivity index (χ0n) is 12.5. The summed E-state index contributed by atoms with van der Waals surface area (Å²) in [4.78, 5) is 16.2. The van der Waals surface area contributed by atoms with Crippen molar-refractivity contribution in [3.05, 3.63) is 53.9 Å². The summed E-state index contributed by atoms with van der Waals surface area (Å²) >= 11 is 0. The minimum atomic E-state index is -4.40. The Balaban J connectivity index is 2.45. The summed E-state index contributed by atoms with van der Waals surface area (Å²) in [7, 11) is 0. The van der Waals surface area contributed by atoms with Gasteiger partial charge in [0.05, 0.1) is 5.56 Å². The van der Waals surface area contributed by atoms with Crippen LogP contribution in [0.25, 0.3) is 11.1 Å². The summed E-state index contributed by atoms with van der Waals surface area (Å²) in [5.74, 6) is -0.103. The quantitative estimate of drug-likeness (QED) is 0.731. The molecule has 0 aliphatic heterocycles. The summed E-state index contributed by atoms with van der Waals surface area (Å²) in [5, 5.41) is 0. The SMILES string of the molecule is CC(C)(C)C(=O)c1cncc(-c2cccc(C(F)(F)F)c2)c1. The molecule has 0 radical (unpaired) electrons. The van der Waals surface area contributed by atoms with Gasteiger partial charge in [0.1, 0.15) is 0 Å². The predicted octanol–water partition coefficient (Wildman–Crippen LogP) is 5.00. The van der Waals surface area contributed by atoms with Gasteiger partial charge in [-0.25, -0.2) is 0 Å². The molecular weight excluding hydrogens is 291 g/mol. The normalized spacial score (nSPS) is 12.3. The Hall–Kier alpha value is -2.17. The van der Waals surface area contributed by atoms with Gasteiger partial charge in [-0.1, -0.05) is 32.9 Å². The second kappa shape index (κ2) is 5.55. The molecule has 0 atom stereocenters. The van der Waals surface area contributed by atoms with Gasteiger partial charge in [0.2, 0.25) is 0 Å². The molecule has 0 N–H and O–H groups in total. The van der Waals surface area contributed by atoms with E-state index in [2.05, 4.69) is 4.98 Å². The van der Waals surface area contributed by atoms with Crippen molar-refractivity contribution in [2.24, 2.45) is 5.41 Å². The number of carbonyl (C=O) groups excluding carboxylic acids is 1. The highest BCUT2D eigenvalue weighted by Crippen LogP contribution is 2.32. The largest absolute Gasteiger partial charge is 0.416 e. The molecule has 0 spiro atoms. The van der Waals surface area contributed by atoms with Crippen LogP contribution >= 0.6 is 0 Å². The Labute approximate surface area is 127 Å². The van der Waals surface area contributed by atoms with Crippen LogP contribution in [0.5, 0.6) is 0 Å². The number of halogens is 3. The lowest BCUT2D eigenvalue weighted by atomic mass is 9.86. The zero-order chi connectivity index (χ0) is 16.5. The molecule has 0 bridgehead atoms. The fourth-order valence-electron chi connectivity index (χ4n) is 2.03. The van der Waals surface area contributed by atoms with E-state index >= 15 is 0 Å². The second-order valence-corrected chi connectivity index (χ2v) is 6.12. The van der Waals surface area contributed by atoms with Crippen LogP contribution in [0, 0.1) is 5.41 Å². The number of nitrogens with zero attached hydrogens (tertiary/aromatic N) is 1. The molecule has 1 aromatic heterocycles. The third-order valence-electron chi connectivity index (χ3n) is 3.20. The maximum atomic E-state index is 12.8. The minimum Gasteiger partial charge on any atom is -0.294 e. The molecule has 0 fully saturated rings. The minimum absolute atomic E-state index is 0.103. The van der Waals surface area contributed by atoms with Gasteiger partial charge >= 0.3 is 6.18 Å². The van der Waals surface area contributed by atoms with Crippen LogP contribution in [-0.2, 0) is 6.18 Å². The molecule has 5 heteroatoms. The number of aromatic nitrogens is 1. The number of Topliss-reactive ketones (excluding diaryl/α,β-unsaturated/α-hetero) is 1. The standard InChI is InChI=1S/C17H16F3NO/c1-16(2,3)15(22)13-7-12(9-21-10-13)11-5-4-6-14(8-11)17(18,19)20/h4-10H,1-3H3. The zero-order valence-corrected chi connectivity index (χ0v) is 12.5. The fraction of sp³-hybridized carbons (Fsp3) is 0.294. The Morgan fingerprint density at radius 3 is 2.27 bits per heavy atom. The van der Waals surface area contributed by atoms with E-state index in [1.54, 1.807) is 32.9 Å². The lowest BCUT2D eigenvalue weighted by molar-refractivity contribution is -0.137. The van der Waals surface area contributed by atoms with E-state index in [1.807, 2.05) is 0 Å². The topological polar surface area (TPSA) is 30.0 Å². The highest BCUT2D eigenvalue weighted by Gasteiger charge is 2.30. The van der Waals surface area contributed by atoms with Crippen LogP contribution in [0.3, 0.4) is 0 Å². The first-order valence-electron chi connectivity index (χ1n) is 6.76. The first-order chi connectivity index (χ1) is 10.1. The first-order valence-corrected chi connectivity index (χ1v) is 6.76. The molecule has 2 nitrogen and oxygen atoms in total. The molecule has 116 valence electrons. The van der Waals surface area contributed by atoms with Crippen molar-refractivity contribution in [1.82, 2.24) is 4.98 Å². The molecule has 0 saturated heterocycles. The predicted molar refractivity (Wildman–Crippen MR) is 78.5 cm³/mol. The van der Waals surface area contributed by atoms with Crippen LogP contribution in [0.15, 0.2) is 42.7 Å². The molecule has 22 heavy (non-hydrogen) atoms. The van der Waals surface area contributed by atoms with Crippen molar-refractivity contribution in [3.63, 3.8) is 0 Å². The van der Waals surface area contributed by atoms with E-state index in [0.717, 1.165) is 12.1 Å². The number of rotatable bonds is 2. The van der Waals surface area contributed by atoms with Crippen molar-refractivity contribution in [1.29, 1.82) is 0 Å². The van der Waals surface area contributed by atoms with Crippen molar-refractivity contribution in [3.8, 4) is 11.1 Å². The molecule has 0 unspecified atom stereocenters. The Morgan fingerprint density at radius 1 is 1.00 bits per heavy atom. The van der Waals surface area contributed by atoms with Crippen LogP contribution in [0.1, 0.15) is 36.7 Å². The molecule has 1 heterocycles. The van der Waals surface area contributed by atoms with E-state index in [0.29, 0.717) is 16.7 Å². The number of alkyl halides is 3. The van der Waals surface area contributed by atoms with E-state index < -0.39 is 17.2 Å². The average Bonchev–Trinajstić information content (AvgIpc) is 2.45. The van der Waals surface area contributed by atoms with Crippen LogP contribution in [0.2, 0.25) is 0 Å². The van der Waals surface area contributed by atoms with Gasteiger partial charge in [-0.2, -0.15) is 13.2 Å². The third-order valence-corrected chi connectivity index (χ3v) is 3.20. The smallest absolute Gasteiger partial charge is 0.294 e. The molecule has 0 amide bonds. The number of hydrogen-bond donors (Lipinski definition) is 0. The summed E-state index contributed by atoms with van der Waals surface area (Å²) < 4.78 is 38.3. The Kier molecular flexibility index (Phi) is 4.09. The molecular formula is C17H16F3NO. The van der Waals surface area contributed by atoms with Gasteiger partial charge in [0.25, 0.3) is 0 Å². The molecule has 0 saturated carbocycles.